The summed E-state index contributed by atoms with van der Waals surface area (Å²) in [5, 5.41) is 3.10. The smallest absolute Gasteiger partial charge is 0.244 e. The maximum Gasteiger partial charge on any atom is 0.244 e. The lowest BCUT2D eigenvalue weighted by Crippen LogP contribution is -2.47. The third kappa shape index (κ3) is 4.64. The number of nitrogens with one attached hydrogen (secondary N) is 2. The van der Waals surface area contributed by atoms with E-state index in [1.54, 1.807) is 32.0 Å². The minimum atomic E-state index is -3.92. The van der Waals surface area contributed by atoms with Crippen molar-refractivity contribution in [1.29, 1.82) is 0 Å². The van der Waals surface area contributed by atoms with Crippen molar-refractivity contribution in [2.45, 2.75) is 24.8 Å². The number of thiazole rings is 1. The van der Waals surface area contributed by atoms with Crippen LogP contribution < -0.4 is 24.2 Å². The molecule has 1 aliphatic heterocycles. The number of benzene rings is 2. The number of amides is 1. The first-order valence-electron chi connectivity index (χ1n) is 9.94. The number of fused-ring (bicyclic) bond motifs is 2. The van der Waals surface area contributed by atoms with E-state index in [1.807, 2.05) is 6.07 Å². The van der Waals surface area contributed by atoms with Gasteiger partial charge in [0, 0.05) is 12.1 Å². The van der Waals surface area contributed by atoms with Gasteiger partial charge in [-0.25, -0.2) is 13.4 Å². The van der Waals surface area contributed by atoms with Crippen LogP contribution in [0.15, 0.2) is 41.3 Å². The minimum Gasteiger partial charge on any atom is -0.497 e. The zero-order valence-corrected chi connectivity index (χ0v) is 19.4. The molecule has 0 spiro atoms. The first kappa shape index (κ1) is 22.3. The third-order valence-electron chi connectivity index (χ3n) is 4.88. The van der Waals surface area contributed by atoms with E-state index in [0.29, 0.717) is 41.1 Å². The van der Waals surface area contributed by atoms with E-state index in [0.717, 1.165) is 4.70 Å². The van der Waals surface area contributed by atoms with Gasteiger partial charge >= 0.3 is 0 Å². The lowest BCUT2D eigenvalue weighted by atomic mass is 10.1. The Kier molecular flexibility index (Phi) is 6.22. The van der Waals surface area contributed by atoms with E-state index < -0.39 is 22.0 Å². The molecule has 2 N–H and O–H groups in total. The summed E-state index contributed by atoms with van der Waals surface area (Å²) < 4.78 is 45.2. The number of hydrogen-bond acceptors (Lipinski definition) is 8. The number of aromatic nitrogens is 1. The molecule has 0 radical (unpaired) electrons. The highest BCUT2D eigenvalue weighted by atomic mass is 32.2. The van der Waals surface area contributed by atoms with Crippen molar-refractivity contribution in [3.63, 3.8) is 0 Å². The molecular formula is C21H23N3O6S2. The van der Waals surface area contributed by atoms with Gasteiger partial charge in [-0.05, 0) is 30.2 Å². The number of rotatable bonds is 7. The fourth-order valence-corrected chi connectivity index (χ4v) is 5.41. The van der Waals surface area contributed by atoms with Gasteiger partial charge in [0.05, 0.1) is 22.2 Å². The first-order valence-corrected chi connectivity index (χ1v) is 12.2. The largest absolute Gasteiger partial charge is 0.497 e. The highest BCUT2D eigenvalue weighted by Crippen LogP contribution is 2.37. The molecule has 170 valence electrons. The van der Waals surface area contributed by atoms with Crippen molar-refractivity contribution in [2.75, 3.05) is 25.6 Å². The molecular weight excluding hydrogens is 454 g/mol. The highest BCUT2D eigenvalue weighted by Gasteiger charge is 2.29. The summed E-state index contributed by atoms with van der Waals surface area (Å²) in [7, 11) is -2.42. The highest BCUT2D eigenvalue weighted by molar-refractivity contribution is 7.89. The van der Waals surface area contributed by atoms with Gasteiger partial charge < -0.3 is 19.5 Å². The van der Waals surface area contributed by atoms with Gasteiger partial charge in [-0.2, -0.15) is 4.72 Å². The Morgan fingerprint density at radius 1 is 1.12 bits per heavy atom. The standard InChI is InChI=1S/C21H23N3O6S2/c1-12(2)19(24-32(26,27)14-6-4-13(28-3)5-7-14)20(25)23-21-22-15-10-16-17(11-18(15)31-21)30-9-8-29-16/h4-7,10-12,19,24H,8-9H2,1-3H3,(H,22,23,25)/t19-/m0/s1. The Morgan fingerprint density at radius 2 is 1.78 bits per heavy atom. The molecule has 11 heteroatoms. The molecule has 1 aromatic heterocycles. The molecule has 32 heavy (non-hydrogen) atoms. The Morgan fingerprint density at radius 3 is 2.41 bits per heavy atom. The van der Waals surface area contributed by atoms with Crippen LogP contribution in [0.2, 0.25) is 0 Å². The molecule has 0 aliphatic carbocycles. The van der Waals surface area contributed by atoms with Gasteiger partial charge in [-0.1, -0.05) is 25.2 Å². The topological polar surface area (TPSA) is 116 Å². The van der Waals surface area contributed by atoms with E-state index in [2.05, 4.69) is 15.0 Å². The predicted molar refractivity (Wildman–Crippen MR) is 121 cm³/mol. The minimum absolute atomic E-state index is 0.0438. The van der Waals surface area contributed by atoms with Crippen molar-refractivity contribution < 1.29 is 27.4 Å². The second-order valence-electron chi connectivity index (χ2n) is 7.49. The number of sulfonamides is 1. The maximum atomic E-state index is 13.0. The average Bonchev–Trinajstić information content (AvgIpc) is 3.16. The van der Waals surface area contributed by atoms with Crippen molar-refractivity contribution in [1.82, 2.24) is 9.71 Å². The number of carbonyl (C=O) groups is 1. The first-order chi connectivity index (χ1) is 15.3. The van der Waals surface area contributed by atoms with E-state index >= 15 is 0 Å². The number of ether oxygens (including phenoxy) is 3. The summed E-state index contributed by atoms with van der Waals surface area (Å²) in [6, 6.07) is 8.55. The normalized spacial score (nSPS) is 14.4. The van der Waals surface area contributed by atoms with Gasteiger partial charge in [-0.3, -0.25) is 4.79 Å². The summed E-state index contributed by atoms with van der Waals surface area (Å²) in [5.74, 6) is 0.993. The summed E-state index contributed by atoms with van der Waals surface area (Å²) >= 11 is 1.28. The molecule has 0 saturated carbocycles. The van der Waals surface area contributed by atoms with Crippen molar-refractivity contribution in [2.24, 2.45) is 5.92 Å². The molecule has 1 atom stereocenters. The molecule has 2 heterocycles. The molecule has 3 aromatic rings. The SMILES string of the molecule is COc1ccc(S(=O)(=O)N[C@H](C(=O)Nc2nc3cc4c(cc3s2)OCCO4)C(C)C)cc1. The molecule has 0 bridgehead atoms. The van der Waals surface area contributed by atoms with Crippen molar-refractivity contribution in [3.8, 4) is 17.2 Å². The van der Waals surface area contributed by atoms with Gasteiger partial charge in [0.2, 0.25) is 15.9 Å². The number of nitrogens with zero attached hydrogens (tertiary/aromatic N) is 1. The van der Waals surface area contributed by atoms with Crippen LogP contribution in [0.25, 0.3) is 10.2 Å². The van der Waals surface area contributed by atoms with Crippen LogP contribution in [0.1, 0.15) is 13.8 Å². The number of hydrogen-bond donors (Lipinski definition) is 2. The van der Waals surface area contributed by atoms with E-state index in [4.69, 9.17) is 14.2 Å². The predicted octanol–water partition coefficient (Wildman–Crippen LogP) is 3.02. The summed E-state index contributed by atoms with van der Waals surface area (Å²) in [5.41, 5.74) is 0.662. The Labute approximate surface area is 189 Å². The van der Waals surface area contributed by atoms with Crippen LogP contribution in [0.4, 0.5) is 5.13 Å². The van der Waals surface area contributed by atoms with Crippen LogP contribution in [0, 0.1) is 5.92 Å². The van der Waals surface area contributed by atoms with Crippen molar-refractivity contribution in [3.05, 3.63) is 36.4 Å². The second kappa shape index (κ2) is 8.93. The van der Waals surface area contributed by atoms with E-state index in [-0.39, 0.29) is 10.8 Å². The lowest BCUT2D eigenvalue weighted by Gasteiger charge is -2.21. The molecule has 0 unspecified atom stereocenters. The molecule has 0 saturated heterocycles. The quantitative estimate of drug-likeness (QED) is 0.537. The Bertz CT molecular complexity index is 1200. The Balaban J connectivity index is 1.53. The number of anilines is 1. The monoisotopic (exact) mass is 477 g/mol. The van der Waals surface area contributed by atoms with Gasteiger partial charge in [0.25, 0.3) is 0 Å². The second-order valence-corrected chi connectivity index (χ2v) is 10.2. The lowest BCUT2D eigenvalue weighted by molar-refractivity contribution is -0.118. The van der Waals surface area contributed by atoms with Gasteiger partial charge in [-0.15, -0.1) is 0 Å². The third-order valence-corrected chi connectivity index (χ3v) is 7.27. The van der Waals surface area contributed by atoms with E-state index in [9.17, 15) is 13.2 Å². The molecule has 2 aromatic carbocycles. The van der Waals surface area contributed by atoms with Crippen LogP contribution in [-0.2, 0) is 14.8 Å². The fourth-order valence-electron chi connectivity index (χ4n) is 3.18. The van der Waals surface area contributed by atoms with Gasteiger partial charge in [0.15, 0.2) is 16.6 Å². The summed E-state index contributed by atoms with van der Waals surface area (Å²) in [6.45, 7) is 4.48. The number of carbonyl (C=O) groups excluding carboxylic acids is 1. The fraction of sp³-hybridized carbons (Fsp3) is 0.333. The zero-order valence-electron chi connectivity index (χ0n) is 17.7. The van der Waals surface area contributed by atoms with Crippen LogP contribution >= 0.6 is 11.3 Å². The maximum absolute atomic E-state index is 13.0. The zero-order chi connectivity index (χ0) is 22.9. The van der Waals surface area contributed by atoms with Crippen LogP contribution in [0.5, 0.6) is 17.2 Å². The molecule has 0 fully saturated rings. The van der Waals surface area contributed by atoms with Crippen LogP contribution in [-0.4, -0.2) is 45.7 Å². The van der Waals surface area contributed by atoms with E-state index in [1.165, 1.54) is 30.6 Å². The van der Waals surface area contributed by atoms with Crippen LogP contribution in [0.3, 0.4) is 0 Å². The van der Waals surface area contributed by atoms with Gasteiger partial charge in [0.1, 0.15) is 25.0 Å². The molecule has 4 rings (SSSR count). The average molecular weight is 478 g/mol. The number of methoxy groups -OCH3 is 1. The molecule has 1 aliphatic rings. The molecule has 9 nitrogen and oxygen atoms in total. The molecule has 1 amide bonds. The summed E-state index contributed by atoms with van der Waals surface area (Å²) in [4.78, 5) is 17.4. The Hall–Kier alpha value is -2.89. The van der Waals surface area contributed by atoms with Crippen molar-refractivity contribution >= 4 is 42.6 Å². The summed E-state index contributed by atoms with van der Waals surface area (Å²) in [6.07, 6.45) is 0.